The van der Waals surface area contributed by atoms with Gasteiger partial charge < -0.3 is 15.0 Å². The van der Waals surface area contributed by atoms with E-state index in [-0.39, 0.29) is 27.6 Å². The summed E-state index contributed by atoms with van der Waals surface area (Å²) in [5, 5.41) is 2.81. The number of amides is 2. The third kappa shape index (κ3) is 5.63. The second kappa shape index (κ2) is 10.6. The van der Waals surface area contributed by atoms with Crippen LogP contribution >= 0.6 is 0 Å². The summed E-state index contributed by atoms with van der Waals surface area (Å²) in [5.74, 6) is -0.370. The fourth-order valence-electron chi connectivity index (χ4n) is 3.96. The fraction of sp³-hybridized carbons (Fsp3) is 0.231. The molecular formula is C26H27N3O5S. The third-order valence-electron chi connectivity index (χ3n) is 5.82. The normalized spacial score (nSPS) is 13.3. The van der Waals surface area contributed by atoms with Gasteiger partial charge in [-0.2, -0.15) is 0 Å². The summed E-state index contributed by atoms with van der Waals surface area (Å²) in [6.07, 6.45) is 1.83. The summed E-state index contributed by atoms with van der Waals surface area (Å²) in [5.41, 5.74) is 1.44. The second-order valence-electron chi connectivity index (χ2n) is 8.18. The Hall–Kier alpha value is -3.85. The zero-order valence-electron chi connectivity index (χ0n) is 19.4. The van der Waals surface area contributed by atoms with E-state index < -0.39 is 15.9 Å². The van der Waals surface area contributed by atoms with Crippen molar-refractivity contribution in [1.82, 2.24) is 10.2 Å². The largest absolute Gasteiger partial charge is 0.496 e. The van der Waals surface area contributed by atoms with Gasteiger partial charge in [-0.05, 0) is 48.7 Å². The first-order valence-electron chi connectivity index (χ1n) is 11.3. The molecule has 3 aromatic carbocycles. The summed E-state index contributed by atoms with van der Waals surface area (Å²) < 4.78 is 34.3. The van der Waals surface area contributed by atoms with Crippen molar-refractivity contribution in [2.75, 3.05) is 24.9 Å². The van der Waals surface area contributed by atoms with E-state index in [0.29, 0.717) is 25.4 Å². The Bertz CT molecular complexity index is 1320. The highest BCUT2D eigenvalue weighted by Crippen LogP contribution is 2.27. The van der Waals surface area contributed by atoms with Gasteiger partial charge in [-0.15, -0.1) is 0 Å². The van der Waals surface area contributed by atoms with Crippen LogP contribution in [0.25, 0.3) is 0 Å². The number of sulfonamides is 1. The van der Waals surface area contributed by atoms with Crippen molar-refractivity contribution in [2.45, 2.75) is 24.3 Å². The van der Waals surface area contributed by atoms with Gasteiger partial charge in [0.1, 0.15) is 5.75 Å². The molecule has 1 aliphatic rings. The molecule has 0 aliphatic carbocycles. The minimum atomic E-state index is -4.10. The van der Waals surface area contributed by atoms with Gasteiger partial charge in [0.25, 0.3) is 21.8 Å². The first-order valence-corrected chi connectivity index (χ1v) is 12.8. The Morgan fingerprint density at radius 2 is 1.60 bits per heavy atom. The molecular weight excluding hydrogens is 466 g/mol. The number of para-hydroxylation sites is 1. The third-order valence-corrected chi connectivity index (χ3v) is 7.18. The van der Waals surface area contributed by atoms with Crippen molar-refractivity contribution >= 4 is 27.5 Å². The average molecular weight is 494 g/mol. The van der Waals surface area contributed by atoms with E-state index >= 15 is 0 Å². The van der Waals surface area contributed by atoms with E-state index in [1.807, 2.05) is 30.3 Å². The number of carbonyl (C=O) groups is 2. The van der Waals surface area contributed by atoms with E-state index in [0.717, 1.165) is 18.4 Å². The van der Waals surface area contributed by atoms with Crippen LogP contribution in [0, 0.1) is 0 Å². The van der Waals surface area contributed by atoms with Gasteiger partial charge in [0.15, 0.2) is 0 Å². The number of likely N-dealkylation sites (tertiary alicyclic amines) is 1. The standard InChI is InChI=1S/C26H27N3O5S/c1-34-24-14-13-20(17-22(24)26(31)29-15-7-8-16-29)35(32,33)28-23-12-6-5-11-21(23)25(30)27-18-19-9-3-2-4-10-19/h2-6,9-14,17,28H,7-8,15-16,18H2,1H3,(H,27,30). The minimum Gasteiger partial charge on any atom is -0.496 e. The molecule has 0 spiro atoms. The molecule has 0 atom stereocenters. The lowest BCUT2D eigenvalue weighted by Gasteiger charge is -2.18. The van der Waals surface area contributed by atoms with E-state index in [9.17, 15) is 18.0 Å². The number of anilines is 1. The topological polar surface area (TPSA) is 105 Å². The molecule has 0 aromatic heterocycles. The first-order chi connectivity index (χ1) is 16.9. The van der Waals surface area contributed by atoms with Gasteiger partial charge in [0.05, 0.1) is 28.8 Å². The Labute approximate surface area is 205 Å². The zero-order valence-corrected chi connectivity index (χ0v) is 20.2. The van der Waals surface area contributed by atoms with Crippen LogP contribution in [0.5, 0.6) is 5.75 Å². The molecule has 2 amide bonds. The number of benzene rings is 3. The first kappa shape index (κ1) is 24.3. The van der Waals surface area contributed by atoms with Crippen molar-refractivity contribution in [3.05, 3.63) is 89.5 Å². The Balaban J connectivity index is 1.57. The zero-order chi connectivity index (χ0) is 24.8. The van der Waals surface area contributed by atoms with Crippen LogP contribution in [0.4, 0.5) is 5.69 Å². The predicted octanol–water partition coefficient (Wildman–Crippen LogP) is 3.66. The van der Waals surface area contributed by atoms with Crippen LogP contribution in [0.3, 0.4) is 0 Å². The van der Waals surface area contributed by atoms with Crippen LogP contribution in [-0.4, -0.2) is 45.3 Å². The van der Waals surface area contributed by atoms with Crippen molar-refractivity contribution < 1.29 is 22.7 Å². The second-order valence-corrected chi connectivity index (χ2v) is 9.86. The number of ether oxygens (including phenoxy) is 1. The molecule has 0 bridgehead atoms. The highest BCUT2D eigenvalue weighted by atomic mass is 32.2. The number of carbonyl (C=O) groups excluding carboxylic acids is 2. The Morgan fingerprint density at radius 1 is 0.914 bits per heavy atom. The molecule has 35 heavy (non-hydrogen) atoms. The summed E-state index contributed by atoms with van der Waals surface area (Å²) in [7, 11) is -2.66. The van der Waals surface area contributed by atoms with E-state index in [4.69, 9.17) is 4.74 Å². The molecule has 2 N–H and O–H groups in total. The maximum atomic E-state index is 13.2. The highest BCUT2D eigenvalue weighted by Gasteiger charge is 2.26. The van der Waals surface area contributed by atoms with Crippen molar-refractivity contribution in [1.29, 1.82) is 0 Å². The summed E-state index contributed by atoms with van der Waals surface area (Å²) in [6.45, 7) is 1.56. The van der Waals surface area contributed by atoms with Crippen LogP contribution in [-0.2, 0) is 16.6 Å². The molecule has 1 saturated heterocycles. The molecule has 0 saturated carbocycles. The van der Waals surface area contributed by atoms with Crippen LogP contribution < -0.4 is 14.8 Å². The number of rotatable bonds is 8. The molecule has 9 heteroatoms. The maximum absolute atomic E-state index is 13.2. The van der Waals surface area contributed by atoms with Crippen molar-refractivity contribution in [3.8, 4) is 5.75 Å². The lowest BCUT2D eigenvalue weighted by atomic mass is 10.1. The van der Waals surface area contributed by atoms with Crippen molar-refractivity contribution in [2.24, 2.45) is 0 Å². The van der Waals surface area contributed by atoms with Gasteiger partial charge in [-0.25, -0.2) is 8.42 Å². The SMILES string of the molecule is COc1ccc(S(=O)(=O)Nc2ccccc2C(=O)NCc2ccccc2)cc1C(=O)N1CCCC1. The lowest BCUT2D eigenvalue weighted by Crippen LogP contribution is -2.28. The van der Waals surface area contributed by atoms with E-state index in [1.54, 1.807) is 23.1 Å². The van der Waals surface area contributed by atoms with Crippen LogP contribution in [0.1, 0.15) is 39.1 Å². The molecule has 3 aromatic rings. The molecule has 8 nitrogen and oxygen atoms in total. The molecule has 0 radical (unpaired) electrons. The number of hydrogen-bond acceptors (Lipinski definition) is 5. The van der Waals surface area contributed by atoms with E-state index in [1.165, 1.54) is 31.4 Å². The molecule has 182 valence electrons. The Morgan fingerprint density at radius 3 is 2.31 bits per heavy atom. The number of methoxy groups -OCH3 is 1. The fourth-order valence-corrected chi connectivity index (χ4v) is 5.06. The summed E-state index contributed by atoms with van der Waals surface area (Å²) in [6, 6.07) is 20.0. The Kier molecular flexibility index (Phi) is 7.36. The van der Waals surface area contributed by atoms with Crippen molar-refractivity contribution in [3.63, 3.8) is 0 Å². The summed E-state index contributed by atoms with van der Waals surface area (Å²) in [4.78, 5) is 27.4. The van der Waals surface area contributed by atoms with Gasteiger partial charge >= 0.3 is 0 Å². The van der Waals surface area contributed by atoms with Gasteiger partial charge in [-0.1, -0.05) is 42.5 Å². The lowest BCUT2D eigenvalue weighted by molar-refractivity contribution is 0.0789. The van der Waals surface area contributed by atoms with E-state index in [2.05, 4.69) is 10.0 Å². The van der Waals surface area contributed by atoms with Crippen LogP contribution in [0.2, 0.25) is 0 Å². The highest BCUT2D eigenvalue weighted by molar-refractivity contribution is 7.92. The monoisotopic (exact) mass is 493 g/mol. The predicted molar refractivity (Wildman–Crippen MR) is 133 cm³/mol. The van der Waals surface area contributed by atoms with Gasteiger partial charge in [0, 0.05) is 19.6 Å². The van der Waals surface area contributed by atoms with Gasteiger partial charge in [-0.3, -0.25) is 14.3 Å². The molecule has 0 unspecified atom stereocenters. The number of hydrogen-bond donors (Lipinski definition) is 2. The summed E-state index contributed by atoms with van der Waals surface area (Å²) >= 11 is 0. The molecule has 1 aliphatic heterocycles. The number of nitrogens with zero attached hydrogens (tertiary/aromatic N) is 1. The smallest absolute Gasteiger partial charge is 0.261 e. The molecule has 1 heterocycles. The van der Waals surface area contributed by atoms with Gasteiger partial charge in [0.2, 0.25) is 0 Å². The number of nitrogens with one attached hydrogen (secondary N) is 2. The molecule has 4 rings (SSSR count). The minimum absolute atomic E-state index is 0.0969. The van der Waals surface area contributed by atoms with Crippen LogP contribution in [0.15, 0.2) is 77.7 Å². The average Bonchev–Trinajstić information content (AvgIpc) is 3.42. The molecule has 1 fully saturated rings. The maximum Gasteiger partial charge on any atom is 0.261 e. The quantitative estimate of drug-likeness (QED) is 0.498.